The van der Waals surface area contributed by atoms with Gasteiger partial charge in [0.15, 0.2) is 12.2 Å². The van der Waals surface area contributed by atoms with Crippen molar-refractivity contribution in [2.45, 2.75) is 445 Å². The highest BCUT2D eigenvalue weighted by Gasteiger charge is 2.30. The third-order valence-corrected chi connectivity index (χ3v) is 20.7. The molecule has 0 aliphatic heterocycles. The molecular formula is C80H156O17P2. The van der Waals surface area contributed by atoms with Gasteiger partial charge in [0, 0.05) is 25.7 Å². The van der Waals surface area contributed by atoms with Gasteiger partial charge in [-0.2, -0.15) is 0 Å². The molecule has 0 fully saturated rings. The van der Waals surface area contributed by atoms with E-state index in [1.807, 2.05) is 0 Å². The summed E-state index contributed by atoms with van der Waals surface area (Å²) in [6, 6.07) is 0. The first-order chi connectivity index (χ1) is 48.0. The maximum Gasteiger partial charge on any atom is 0.472 e. The highest BCUT2D eigenvalue weighted by atomic mass is 31.2. The van der Waals surface area contributed by atoms with Crippen molar-refractivity contribution in [2.24, 2.45) is 5.92 Å². The quantitative estimate of drug-likeness (QED) is 0.0222. The third-order valence-electron chi connectivity index (χ3n) is 18.8. The lowest BCUT2D eigenvalue weighted by molar-refractivity contribution is -0.161. The van der Waals surface area contributed by atoms with E-state index < -0.39 is 97.5 Å². The summed E-state index contributed by atoms with van der Waals surface area (Å²) in [4.78, 5) is 72.9. The van der Waals surface area contributed by atoms with Crippen molar-refractivity contribution in [3.8, 4) is 0 Å². The minimum absolute atomic E-state index is 0.108. The molecule has 0 rings (SSSR count). The van der Waals surface area contributed by atoms with Crippen molar-refractivity contribution in [3.05, 3.63) is 0 Å². The summed E-state index contributed by atoms with van der Waals surface area (Å²) in [5, 5.41) is 10.6. The lowest BCUT2D eigenvalue weighted by Gasteiger charge is -2.21. The summed E-state index contributed by atoms with van der Waals surface area (Å²) >= 11 is 0. The SMILES string of the molecule is CCCCCCCCCCCCCCCCCCCCCCCC(=O)O[C@H](COC(=O)CCCCCCCCCCCCCCCCC(C)C)COP(=O)(O)OC[C@@H](O)COP(=O)(O)OC[C@@H](COC(=O)CCCCCCCCCC)OC(=O)CCCCCCCCCCCCCCC. The van der Waals surface area contributed by atoms with Gasteiger partial charge in [-0.05, 0) is 31.6 Å². The zero-order valence-electron chi connectivity index (χ0n) is 64.6. The number of rotatable bonds is 80. The fourth-order valence-electron chi connectivity index (χ4n) is 12.4. The molecule has 99 heavy (non-hydrogen) atoms. The molecule has 5 atom stereocenters. The molecule has 0 aliphatic rings. The third kappa shape index (κ3) is 74.1. The number of unbranched alkanes of at least 4 members (excludes halogenated alkanes) is 52. The smallest absolute Gasteiger partial charge is 0.462 e. The molecule has 19 heteroatoms. The van der Waals surface area contributed by atoms with E-state index in [1.165, 1.54) is 244 Å². The van der Waals surface area contributed by atoms with Gasteiger partial charge in [0.1, 0.15) is 19.3 Å². The van der Waals surface area contributed by atoms with Gasteiger partial charge >= 0.3 is 39.5 Å². The molecule has 17 nitrogen and oxygen atoms in total. The summed E-state index contributed by atoms with van der Waals surface area (Å²) in [7, 11) is -9.91. The van der Waals surface area contributed by atoms with Gasteiger partial charge in [0.05, 0.1) is 26.4 Å². The van der Waals surface area contributed by atoms with E-state index in [-0.39, 0.29) is 25.7 Å². The fourth-order valence-corrected chi connectivity index (χ4v) is 14.0. The van der Waals surface area contributed by atoms with E-state index >= 15 is 0 Å². The van der Waals surface area contributed by atoms with Crippen molar-refractivity contribution in [3.63, 3.8) is 0 Å². The Balaban J connectivity index is 5.18. The molecule has 0 radical (unpaired) electrons. The van der Waals surface area contributed by atoms with Crippen LogP contribution in [0.2, 0.25) is 0 Å². The number of hydrogen-bond donors (Lipinski definition) is 3. The number of carbonyl (C=O) groups excluding carboxylic acids is 4. The van der Waals surface area contributed by atoms with Gasteiger partial charge in [-0.15, -0.1) is 0 Å². The van der Waals surface area contributed by atoms with E-state index in [2.05, 4.69) is 34.6 Å². The number of carbonyl (C=O) groups is 4. The highest BCUT2D eigenvalue weighted by Crippen LogP contribution is 2.45. The Morgan fingerprint density at radius 1 is 0.273 bits per heavy atom. The van der Waals surface area contributed by atoms with Crippen molar-refractivity contribution in [2.75, 3.05) is 39.6 Å². The molecule has 0 heterocycles. The normalized spacial score (nSPS) is 13.9. The standard InChI is InChI=1S/C80H156O17P2/c1-6-9-12-15-18-21-23-25-26-27-28-29-30-31-32-38-42-46-51-56-61-66-80(85)97-76(70-91-78(83)64-59-54-49-44-40-37-34-33-36-39-43-47-52-57-62-73(4)5)72-95-99(88,89)93-68-74(81)67-92-98(86,87)94-71-75(69-90-77(82)63-58-53-48-20-17-14-11-8-3)96-79(84)65-60-55-50-45-41-35-24-22-19-16-13-10-7-2/h73-76,81H,6-72H2,1-5H3,(H,86,87)(H,88,89)/t74-,75+,76+/m0/s1. The van der Waals surface area contributed by atoms with Crippen LogP contribution in [0.3, 0.4) is 0 Å². The van der Waals surface area contributed by atoms with E-state index in [9.17, 15) is 43.2 Å². The van der Waals surface area contributed by atoms with Crippen LogP contribution in [0.4, 0.5) is 0 Å². The summed E-state index contributed by atoms with van der Waals surface area (Å²) < 4.78 is 68.6. The monoisotopic (exact) mass is 1450 g/mol. The first kappa shape index (κ1) is 97.1. The Morgan fingerprint density at radius 3 is 0.687 bits per heavy atom. The average molecular weight is 1450 g/mol. The largest absolute Gasteiger partial charge is 0.472 e. The van der Waals surface area contributed by atoms with Gasteiger partial charge in [-0.25, -0.2) is 9.13 Å². The zero-order valence-corrected chi connectivity index (χ0v) is 66.4. The van der Waals surface area contributed by atoms with Crippen LogP contribution >= 0.6 is 15.6 Å². The number of phosphoric acid groups is 2. The van der Waals surface area contributed by atoms with E-state index in [1.54, 1.807) is 0 Å². The van der Waals surface area contributed by atoms with Crippen molar-refractivity contribution >= 4 is 39.5 Å². The molecule has 0 aromatic rings. The molecule has 3 N–H and O–H groups in total. The summed E-state index contributed by atoms with van der Waals surface area (Å²) in [5.41, 5.74) is 0. The zero-order chi connectivity index (χ0) is 72.7. The fraction of sp³-hybridized carbons (Fsp3) is 0.950. The molecule has 0 spiro atoms. The molecule has 0 amide bonds. The molecule has 0 aromatic heterocycles. The second-order valence-corrected chi connectivity index (χ2v) is 32.2. The number of ether oxygens (including phenoxy) is 4. The number of hydrogen-bond acceptors (Lipinski definition) is 15. The van der Waals surface area contributed by atoms with Gasteiger partial charge in [-0.1, -0.05) is 375 Å². The van der Waals surface area contributed by atoms with Crippen LogP contribution in [0.25, 0.3) is 0 Å². The van der Waals surface area contributed by atoms with E-state index in [4.69, 9.17) is 37.0 Å². The van der Waals surface area contributed by atoms with Crippen LogP contribution in [-0.4, -0.2) is 96.7 Å². The Morgan fingerprint density at radius 2 is 0.465 bits per heavy atom. The van der Waals surface area contributed by atoms with Crippen LogP contribution in [-0.2, 0) is 65.4 Å². The predicted octanol–water partition coefficient (Wildman–Crippen LogP) is 24.0. The van der Waals surface area contributed by atoms with Gasteiger partial charge < -0.3 is 33.8 Å². The van der Waals surface area contributed by atoms with Gasteiger partial charge in [0.2, 0.25) is 0 Å². The van der Waals surface area contributed by atoms with Crippen LogP contribution in [0.15, 0.2) is 0 Å². The Hall–Kier alpha value is -1.94. The lowest BCUT2D eigenvalue weighted by Crippen LogP contribution is -2.30. The van der Waals surface area contributed by atoms with Gasteiger partial charge in [0.25, 0.3) is 0 Å². The minimum atomic E-state index is -4.96. The summed E-state index contributed by atoms with van der Waals surface area (Å²) in [6.45, 7) is 7.32. The van der Waals surface area contributed by atoms with Crippen LogP contribution in [0.5, 0.6) is 0 Å². The molecule has 0 bridgehead atoms. The summed E-state index contributed by atoms with van der Waals surface area (Å²) in [6.07, 6.45) is 63.9. The number of aliphatic hydroxyl groups is 1. The molecule has 2 unspecified atom stereocenters. The van der Waals surface area contributed by atoms with Crippen LogP contribution in [0.1, 0.15) is 426 Å². The van der Waals surface area contributed by atoms with E-state index in [0.29, 0.717) is 25.7 Å². The molecular weight excluding hydrogens is 1290 g/mol. The molecule has 0 saturated carbocycles. The minimum Gasteiger partial charge on any atom is -0.462 e. The Kier molecular flexibility index (Phi) is 71.6. The predicted molar refractivity (Wildman–Crippen MR) is 405 cm³/mol. The first-order valence-corrected chi connectivity index (χ1v) is 44.6. The number of aliphatic hydroxyl groups excluding tert-OH is 1. The second kappa shape index (κ2) is 73.0. The topological polar surface area (TPSA) is 237 Å². The molecule has 588 valence electrons. The summed E-state index contributed by atoms with van der Waals surface area (Å²) in [5.74, 6) is -1.31. The van der Waals surface area contributed by atoms with Crippen molar-refractivity contribution in [1.82, 2.24) is 0 Å². The lowest BCUT2D eigenvalue weighted by atomic mass is 10.0. The molecule has 0 saturated heterocycles. The average Bonchev–Trinajstić information content (AvgIpc) is 1.03. The van der Waals surface area contributed by atoms with Crippen molar-refractivity contribution < 1.29 is 80.2 Å². The van der Waals surface area contributed by atoms with Crippen molar-refractivity contribution in [1.29, 1.82) is 0 Å². The Bertz CT molecular complexity index is 1890. The first-order valence-electron chi connectivity index (χ1n) is 41.6. The molecule has 0 aromatic carbocycles. The highest BCUT2D eigenvalue weighted by molar-refractivity contribution is 7.47. The van der Waals surface area contributed by atoms with E-state index in [0.717, 1.165) is 102 Å². The second-order valence-electron chi connectivity index (χ2n) is 29.3. The van der Waals surface area contributed by atoms with Crippen LogP contribution < -0.4 is 0 Å². The molecule has 0 aliphatic carbocycles. The number of phosphoric ester groups is 2. The van der Waals surface area contributed by atoms with Crippen LogP contribution in [0, 0.1) is 5.92 Å². The van der Waals surface area contributed by atoms with Gasteiger partial charge in [-0.3, -0.25) is 37.3 Å². The maximum atomic E-state index is 13.1. The number of esters is 4. The maximum absolute atomic E-state index is 13.1. The Labute approximate surface area is 607 Å².